The van der Waals surface area contributed by atoms with Crippen LogP contribution in [0.25, 0.3) is 6.08 Å². The predicted octanol–water partition coefficient (Wildman–Crippen LogP) is 5.04. The lowest BCUT2D eigenvalue weighted by Gasteiger charge is -2.09. The van der Waals surface area contributed by atoms with E-state index in [0.717, 1.165) is 11.3 Å². The molecule has 0 saturated carbocycles. The first kappa shape index (κ1) is 18.0. The van der Waals surface area contributed by atoms with E-state index in [-0.39, 0.29) is 5.91 Å². The van der Waals surface area contributed by atoms with E-state index >= 15 is 0 Å². The zero-order valence-corrected chi connectivity index (χ0v) is 16.1. The number of halogens is 1. The lowest BCUT2D eigenvalue weighted by atomic mass is 10.2. The number of thioether (sulfide) groups is 1. The van der Waals surface area contributed by atoms with Crippen molar-refractivity contribution in [3.05, 3.63) is 57.3 Å². The van der Waals surface area contributed by atoms with Gasteiger partial charge >= 0.3 is 0 Å². The minimum absolute atomic E-state index is 0.0802. The Hall–Kier alpha value is -1.76. The van der Waals surface area contributed by atoms with Crippen LogP contribution in [-0.4, -0.2) is 21.7 Å². The molecular weight excluding hydrogens is 378 g/mol. The Kier molecular flexibility index (Phi) is 5.51. The second kappa shape index (κ2) is 7.64. The SMILES string of the molecule is CCN1C(=O)/C(=C/c2ccc(COc3ccc(Cl)c(C)c3)o2)SC1=S. The third-order valence-electron chi connectivity index (χ3n) is 3.66. The lowest BCUT2D eigenvalue weighted by molar-refractivity contribution is -0.121. The fourth-order valence-electron chi connectivity index (χ4n) is 2.31. The Labute approximate surface area is 160 Å². The number of benzene rings is 1. The number of amides is 1. The molecule has 25 heavy (non-hydrogen) atoms. The highest BCUT2D eigenvalue weighted by Gasteiger charge is 2.30. The maximum atomic E-state index is 12.2. The number of carbonyl (C=O) groups excluding carboxylic acids is 1. The molecule has 1 aliphatic rings. The Morgan fingerprint density at radius 1 is 1.36 bits per heavy atom. The summed E-state index contributed by atoms with van der Waals surface area (Å²) in [5.74, 6) is 1.92. The highest BCUT2D eigenvalue weighted by Crippen LogP contribution is 2.32. The minimum atomic E-state index is -0.0802. The molecule has 1 aliphatic heterocycles. The number of rotatable bonds is 5. The smallest absolute Gasteiger partial charge is 0.266 e. The lowest BCUT2D eigenvalue weighted by Crippen LogP contribution is -2.27. The minimum Gasteiger partial charge on any atom is -0.486 e. The van der Waals surface area contributed by atoms with Gasteiger partial charge in [-0.15, -0.1) is 0 Å². The number of nitrogens with zero attached hydrogens (tertiary/aromatic N) is 1. The van der Waals surface area contributed by atoms with Gasteiger partial charge in [0.05, 0.1) is 4.91 Å². The van der Waals surface area contributed by atoms with E-state index in [0.29, 0.717) is 38.9 Å². The van der Waals surface area contributed by atoms with Gasteiger partial charge in [-0.05, 0) is 49.7 Å². The molecule has 0 unspecified atom stereocenters. The number of hydrogen-bond acceptors (Lipinski definition) is 5. The molecule has 1 fully saturated rings. The molecular formula is C18H16ClNO3S2. The first-order valence-corrected chi connectivity index (χ1v) is 9.31. The van der Waals surface area contributed by atoms with Crippen LogP contribution in [0.2, 0.25) is 5.02 Å². The Morgan fingerprint density at radius 3 is 2.84 bits per heavy atom. The number of aryl methyl sites for hydroxylation is 1. The molecule has 3 rings (SSSR count). The van der Waals surface area contributed by atoms with Gasteiger partial charge in [-0.2, -0.15) is 0 Å². The standard InChI is InChI=1S/C18H16ClNO3S2/c1-3-20-17(21)16(25-18(20)24)9-13-4-5-14(23-13)10-22-12-6-7-15(19)11(2)8-12/h4-9H,3,10H2,1-2H3/b16-9-. The Morgan fingerprint density at radius 2 is 2.16 bits per heavy atom. The van der Waals surface area contributed by atoms with Crippen LogP contribution in [0.4, 0.5) is 0 Å². The van der Waals surface area contributed by atoms with Crippen LogP contribution in [0.3, 0.4) is 0 Å². The van der Waals surface area contributed by atoms with E-state index < -0.39 is 0 Å². The van der Waals surface area contributed by atoms with Gasteiger partial charge in [0.15, 0.2) is 0 Å². The molecule has 1 saturated heterocycles. The fourth-order valence-corrected chi connectivity index (χ4v) is 3.79. The summed E-state index contributed by atoms with van der Waals surface area (Å²) in [5.41, 5.74) is 0.956. The molecule has 2 heterocycles. The number of carbonyl (C=O) groups is 1. The number of ether oxygens (including phenoxy) is 1. The number of likely N-dealkylation sites (N-methyl/N-ethyl adjacent to an activating group) is 1. The molecule has 0 bridgehead atoms. The first-order chi connectivity index (χ1) is 12.0. The molecule has 1 amide bonds. The van der Waals surface area contributed by atoms with E-state index in [1.54, 1.807) is 17.0 Å². The number of thiocarbonyl (C=S) groups is 1. The van der Waals surface area contributed by atoms with Crippen LogP contribution in [-0.2, 0) is 11.4 Å². The third-order valence-corrected chi connectivity index (χ3v) is 5.46. The molecule has 0 radical (unpaired) electrons. The van der Waals surface area contributed by atoms with Gasteiger partial charge in [0.25, 0.3) is 5.91 Å². The van der Waals surface area contributed by atoms with Crippen LogP contribution in [0.5, 0.6) is 5.75 Å². The zero-order valence-electron chi connectivity index (χ0n) is 13.7. The fraction of sp³-hybridized carbons (Fsp3) is 0.222. The summed E-state index contributed by atoms with van der Waals surface area (Å²) in [7, 11) is 0. The average molecular weight is 394 g/mol. The molecule has 1 aromatic carbocycles. The summed E-state index contributed by atoms with van der Waals surface area (Å²) < 4.78 is 12.0. The number of furan rings is 1. The van der Waals surface area contributed by atoms with Crippen molar-refractivity contribution in [1.29, 1.82) is 0 Å². The molecule has 0 N–H and O–H groups in total. The highest BCUT2D eigenvalue weighted by molar-refractivity contribution is 8.26. The van der Waals surface area contributed by atoms with Gasteiger partial charge in [0.1, 0.15) is 28.2 Å². The van der Waals surface area contributed by atoms with E-state index in [1.165, 1.54) is 11.8 Å². The van der Waals surface area contributed by atoms with E-state index in [2.05, 4.69) is 0 Å². The van der Waals surface area contributed by atoms with E-state index in [9.17, 15) is 4.79 Å². The second-order valence-electron chi connectivity index (χ2n) is 5.43. The molecule has 7 heteroatoms. The summed E-state index contributed by atoms with van der Waals surface area (Å²) in [6.07, 6.45) is 1.71. The highest BCUT2D eigenvalue weighted by atomic mass is 35.5. The largest absolute Gasteiger partial charge is 0.486 e. The van der Waals surface area contributed by atoms with Crippen molar-refractivity contribution in [3.63, 3.8) is 0 Å². The Balaban J connectivity index is 1.66. The zero-order chi connectivity index (χ0) is 18.0. The summed E-state index contributed by atoms with van der Waals surface area (Å²) in [6, 6.07) is 9.13. The Bertz CT molecular complexity index is 860. The predicted molar refractivity (Wildman–Crippen MR) is 105 cm³/mol. The topological polar surface area (TPSA) is 42.7 Å². The van der Waals surface area contributed by atoms with Crippen molar-refractivity contribution < 1.29 is 13.9 Å². The third kappa shape index (κ3) is 4.08. The maximum Gasteiger partial charge on any atom is 0.266 e. The molecule has 0 aliphatic carbocycles. The van der Waals surface area contributed by atoms with Gasteiger partial charge in [0, 0.05) is 17.6 Å². The van der Waals surface area contributed by atoms with Gasteiger partial charge in [-0.25, -0.2) is 0 Å². The molecule has 1 aromatic heterocycles. The van der Waals surface area contributed by atoms with Crippen molar-refractivity contribution in [3.8, 4) is 5.75 Å². The van der Waals surface area contributed by atoms with Crippen LogP contribution in [0.1, 0.15) is 24.0 Å². The van der Waals surface area contributed by atoms with Crippen molar-refractivity contribution >= 4 is 51.9 Å². The summed E-state index contributed by atoms with van der Waals surface area (Å²) in [4.78, 5) is 14.3. The van der Waals surface area contributed by atoms with Crippen LogP contribution in [0.15, 0.2) is 39.7 Å². The molecule has 130 valence electrons. The van der Waals surface area contributed by atoms with Crippen molar-refractivity contribution in [2.45, 2.75) is 20.5 Å². The normalized spacial score (nSPS) is 16.1. The van der Waals surface area contributed by atoms with Crippen LogP contribution < -0.4 is 4.74 Å². The van der Waals surface area contributed by atoms with Crippen molar-refractivity contribution in [2.75, 3.05) is 6.54 Å². The van der Waals surface area contributed by atoms with Crippen molar-refractivity contribution in [2.24, 2.45) is 0 Å². The quantitative estimate of drug-likeness (QED) is 0.525. The van der Waals surface area contributed by atoms with Crippen molar-refractivity contribution in [1.82, 2.24) is 4.90 Å². The van der Waals surface area contributed by atoms with Gasteiger partial charge in [-0.3, -0.25) is 9.69 Å². The monoisotopic (exact) mass is 393 g/mol. The molecule has 2 aromatic rings. The van der Waals surface area contributed by atoms with Crippen LogP contribution >= 0.6 is 35.6 Å². The first-order valence-electron chi connectivity index (χ1n) is 7.71. The summed E-state index contributed by atoms with van der Waals surface area (Å²) in [6.45, 7) is 4.69. The van der Waals surface area contributed by atoms with Gasteiger partial charge in [-0.1, -0.05) is 35.6 Å². The average Bonchev–Trinajstić information content (AvgIpc) is 3.13. The molecule has 0 spiro atoms. The molecule has 0 atom stereocenters. The van der Waals surface area contributed by atoms with E-state index in [1.807, 2.05) is 38.1 Å². The number of hydrogen-bond donors (Lipinski definition) is 0. The maximum absolute atomic E-state index is 12.2. The summed E-state index contributed by atoms with van der Waals surface area (Å²) in [5, 5.41) is 0.706. The summed E-state index contributed by atoms with van der Waals surface area (Å²) >= 11 is 12.5. The van der Waals surface area contributed by atoms with Gasteiger partial charge in [0.2, 0.25) is 0 Å². The van der Waals surface area contributed by atoms with Crippen LogP contribution in [0, 0.1) is 6.92 Å². The van der Waals surface area contributed by atoms with Gasteiger partial charge < -0.3 is 9.15 Å². The van der Waals surface area contributed by atoms with E-state index in [4.69, 9.17) is 33.0 Å². The second-order valence-corrected chi connectivity index (χ2v) is 7.51. The molecule has 4 nitrogen and oxygen atoms in total.